The third kappa shape index (κ3) is 4.33. The first kappa shape index (κ1) is 20.7. The summed E-state index contributed by atoms with van der Waals surface area (Å²) in [6.07, 6.45) is 2.06. The predicted octanol–water partition coefficient (Wildman–Crippen LogP) is 5.10. The molecule has 0 saturated heterocycles. The van der Waals surface area contributed by atoms with Gasteiger partial charge in [0.1, 0.15) is 17.3 Å². The van der Waals surface area contributed by atoms with E-state index in [9.17, 15) is 13.6 Å². The van der Waals surface area contributed by atoms with Crippen molar-refractivity contribution in [3.8, 4) is 11.3 Å². The van der Waals surface area contributed by atoms with Gasteiger partial charge in [-0.1, -0.05) is 42.0 Å². The van der Waals surface area contributed by atoms with Gasteiger partial charge in [-0.05, 0) is 31.5 Å². The molecule has 4 rings (SSSR count). The molecule has 0 aliphatic carbocycles. The number of halogens is 2. The highest BCUT2D eigenvalue weighted by Crippen LogP contribution is 2.26. The van der Waals surface area contributed by atoms with Crippen LogP contribution in [0.5, 0.6) is 0 Å². The molecule has 2 aromatic heterocycles. The molecule has 0 unspecified atom stereocenters. The second kappa shape index (κ2) is 8.30. The fourth-order valence-electron chi connectivity index (χ4n) is 3.58. The molecule has 4 aromatic rings. The predicted molar refractivity (Wildman–Crippen MR) is 117 cm³/mol. The summed E-state index contributed by atoms with van der Waals surface area (Å²) in [5, 5.41) is 0. The van der Waals surface area contributed by atoms with E-state index in [4.69, 9.17) is 4.98 Å². The molecule has 4 nitrogen and oxygen atoms in total. The molecule has 0 bridgehead atoms. The van der Waals surface area contributed by atoms with E-state index in [-0.39, 0.29) is 24.4 Å². The number of amides is 1. The molecule has 1 amide bonds. The minimum Gasteiger partial charge on any atom is -0.341 e. The van der Waals surface area contributed by atoms with Gasteiger partial charge in [0.05, 0.1) is 17.8 Å². The van der Waals surface area contributed by atoms with E-state index in [0.717, 1.165) is 39.8 Å². The van der Waals surface area contributed by atoms with Crippen LogP contribution >= 0.6 is 0 Å². The lowest BCUT2D eigenvalue weighted by molar-refractivity contribution is -0.129. The molecule has 6 heteroatoms. The number of hydrogen-bond acceptors (Lipinski definition) is 2. The molecule has 0 spiro atoms. The minimum absolute atomic E-state index is 0.0561. The smallest absolute Gasteiger partial charge is 0.228 e. The fourth-order valence-corrected chi connectivity index (χ4v) is 3.58. The van der Waals surface area contributed by atoms with E-state index in [0.29, 0.717) is 0 Å². The van der Waals surface area contributed by atoms with Crippen molar-refractivity contribution in [3.05, 3.63) is 94.8 Å². The molecular formula is C25H23F2N3O. The Balaban J connectivity index is 1.67. The van der Waals surface area contributed by atoms with E-state index in [1.165, 1.54) is 17.0 Å². The average molecular weight is 419 g/mol. The quantitative estimate of drug-likeness (QED) is 0.452. The van der Waals surface area contributed by atoms with E-state index in [1.54, 1.807) is 7.05 Å². The largest absolute Gasteiger partial charge is 0.341 e. The van der Waals surface area contributed by atoms with E-state index >= 15 is 0 Å². The van der Waals surface area contributed by atoms with Gasteiger partial charge in [0, 0.05) is 37.0 Å². The average Bonchev–Trinajstić information content (AvgIpc) is 3.08. The maximum absolute atomic E-state index is 14.0. The molecule has 0 aliphatic rings. The van der Waals surface area contributed by atoms with Gasteiger partial charge < -0.3 is 9.30 Å². The molecule has 2 aromatic carbocycles. The van der Waals surface area contributed by atoms with Crippen LogP contribution in [0.25, 0.3) is 16.9 Å². The lowest BCUT2D eigenvalue weighted by Gasteiger charge is -2.18. The number of carbonyl (C=O) groups is 1. The number of benzene rings is 2. The van der Waals surface area contributed by atoms with Crippen LogP contribution in [-0.2, 0) is 17.8 Å². The Morgan fingerprint density at radius 3 is 2.42 bits per heavy atom. The second-order valence-electron chi connectivity index (χ2n) is 7.87. The van der Waals surface area contributed by atoms with Gasteiger partial charge in [-0.2, -0.15) is 0 Å². The van der Waals surface area contributed by atoms with Crippen molar-refractivity contribution in [1.29, 1.82) is 0 Å². The molecule has 0 atom stereocenters. The highest BCUT2D eigenvalue weighted by molar-refractivity contribution is 5.81. The maximum Gasteiger partial charge on any atom is 0.228 e. The van der Waals surface area contributed by atoms with Crippen LogP contribution in [0.15, 0.2) is 60.8 Å². The number of fused-ring (bicyclic) bond motifs is 1. The third-order valence-corrected chi connectivity index (χ3v) is 5.36. The van der Waals surface area contributed by atoms with Gasteiger partial charge in [0.2, 0.25) is 5.91 Å². The number of imidazole rings is 1. The summed E-state index contributed by atoms with van der Waals surface area (Å²) in [4.78, 5) is 19.3. The first-order chi connectivity index (χ1) is 14.8. The minimum atomic E-state index is -0.662. The summed E-state index contributed by atoms with van der Waals surface area (Å²) in [5.41, 5.74) is 5.68. The van der Waals surface area contributed by atoms with Crippen LogP contribution in [-0.4, -0.2) is 27.2 Å². The summed E-state index contributed by atoms with van der Waals surface area (Å²) >= 11 is 0. The van der Waals surface area contributed by atoms with Crippen molar-refractivity contribution in [1.82, 2.24) is 14.3 Å². The van der Waals surface area contributed by atoms with Crippen LogP contribution in [0, 0.1) is 25.5 Å². The number of rotatable bonds is 5. The molecule has 0 N–H and O–H groups in total. The Labute approximate surface area is 179 Å². The van der Waals surface area contributed by atoms with Crippen LogP contribution in [0.4, 0.5) is 8.78 Å². The first-order valence-corrected chi connectivity index (χ1v) is 10.0. The maximum atomic E-state index is 14.0. The Hall–Kier alpha value is -3.54. The topological polar surface area (TPSA) is 37.6 Å². The Bertz CT molecular complexity index is 1260. The van der Waals surface area contributed by atoms with Crippen molar-refractivity contribution < 1.29 is 13.6 Å². The molecule has 0 aliphatic heterocycles. The van der Waals surface area contributed by atoms with Gasteiger partial charge in [-0.25, -0.2) is 13.8 Å². The third-order valence-electron chi connectivity index (χ3n) is 5.36. The van der Waals surface area contributed by atoms with Gasteiger partial charge in [-0.3, -0.25) is 4.79 Å². The molecule has 158 valence electrons. The molecular weight excluding hydrogens is 396 g/mol. The van der Waals surface area contributed by atoms with Crippen LogP contribution < -0.4 is 0 Å². The Morgan fingerprint density at radius 2 is 1.71 bits per heavy atom. The van der Waals surface area contributed by atoms with Crippen molar-refractivity contribution in [2.45, 2.75) is 26.8 Å². The number of likely N-dealkylation sites (N-methyl/N-ethyl adjacent to an activating group) is 1. The van der Waals surface area contributed by atoms with Gasteiger partial charge in [-0.15, -0.1) is 0 Å². The summed E-state index contributed by atoms with van der Waals surface area (Å²) < 4.78 is 29.1. The number of hydrogen-bond donors (Lipinski definition) is 0. The zero-order valence-corrected chi connectivity index (χ0v) is 17.7. The van der Waals surface area contributed by atoms with Crippen molar-refractivity contribution in [3.63, 3.8) is 0 Å². The zero-order valence-electron chi connectivity index (χ0n) is 17.7. The van der Waals surface area contributed by atoms with Gasteiger partial charge >= 0.3 is 0 Å². The van der Waals surface area contributed by atoms with Crippen molar-refractivity contribution >= 4 is 11.6 Å². The van der Waals surface area contributed by atoms with Crippen molar-refractivity contribution in [2.24, 2.45) is 0 Å². The van der Waals surface area contributed by atoms with E-state index < -0.39 is 11.6 Å². The SMILES string of the molecule is Cc1ccc(-c2nc3ccc(C)cn3c2CC(=O)N(C)Cc2ccc(F)cc2F)cc1. The standard InChI is InChI=1S/C25H23F2N3O/c1-16-4-7-18(8-5-16)25-22(30-14-17(2)6-11-23(30)28-25)13-24(31)29(3)15-19-9-10-20(26)12-21(19)27/h4-12,14H,13,15H2,1-3H3. The normalized spacial score (nSPS) is 11.1. The van der Waals surface area contributed by atoms with E-state index in [2.05, 4.69) is 0 Å². The number of pyridine rings is 1. The highest BCUT2D eigenvalue weighted by Gasteiger charge is 2.20. The van der Waals surface area contributed by atoms with E-state index in [1.807, 2.05) is 60.8 Å². The fraction of sp³-hybridized carbons (Fsp3) is 0.200. The Morgan fingerprint density at radius 1 is 1.00 bits per heavy atom. The van der Waals surface area contributed by atoms with Crippen LogP contribution in [0.2, 0.25) is 0 Å². The van der Waals surface area contributed by atoms with Crippen molar-refractivity contribution in [2.75, 3.05) is 7.05 Å². The zero-order chi connectivity index (χ0) is 22.1. The molecule has 31 heavy (non-hydrogen) atoms. The van der Waals surface area contributed by atoms with Crippen LogP contribution in [0.1, 0.15) is 22.4 Å². The highest BCUT2D eigenvalue weighted by atomic mass is 19.1. The number of carbonyl (C=O) groups excluding carboxylic acids is 1. The number of aromatic nitrogens is 2. The summed E-state index contributed by atoms with van der Waals surface area (Å²) in [6.45, 7) is 4.06. The summed E-state index contributed by atoms with van der Waals surface area (Å²) in [6, 6.07) is 15.3. The van der Waals surface area contributed by atoms with Crippen LogP contribution in [0.3, 0.4) is 0 Å². The lowest BCUT2D eigenvalue weighted by Crippen LogP contribution is -2.28. The molecule has 2 heterocycles. The summed E-state index contributed by atoms with van der Waals surface area (Å²) in [5.74, 6) is -1.48. The Kier molecular flexibility index (Phi) is 5.55. The monoisotopic (exact) mass is 419 g/mol. The molecule has 0 fully saturated rings. The summed E-state index contributed by atoms with van der Waals surface area (Å²) in [7, 11) is 1.62. The van der Waals surface area contributed by atoms with Gasteiger partial charge in [0.15, 0.2) is 0 Å². The molecule has 0 radical (unpaired) electrons. The number of nitrogens with zero attached hydrogens (tertiary/aromatic N) is 3. The first-order valence-electron chi connectivity index (χ1n) is 10.0. The molecule has 0 saturated carbocycles. The van der Waals surface area contributed by atoms with Gasteiger partial charge in [0.25, 0.3) is 0 Å². The number of aryl methyl sites for hydroxylation is 2. The second-order valence-corrected chi connectivity index (χ2v) is 7.87. The lowest BCUT2D eigenvalue weighted by atomic mass is 10.1.